The van der Waals surface area contributed by atoms with Gasteiger partial charge in [0.2, 0.25) is 0 Å². The molecule has 0 spiro atoms. The lowest BCUT2D eigenvalue weighted by Gasteiger charge is -2.15. The van der Waals surface area contributed by atoms with Crippen LogP contribution in [0.3, 0.4) is 0 Å². The van der Waals surface area contributed by atoms with E-state index < -0.39 is 0 Å². The molecule has 20 heavy (non-hydrogen) atoms. The van der Waals surface area contributed by atoms with E-state index in [9.17, 15) is 9.59 Å². The first-order chi connectivity index (χ1) is 9.50. The Hall–Kier alpha value is -2.42. The lowest BCUT2D eigenvalue weighted by atomic mass is 9.86. The maximum absolute atomic E-state index is 12.6. The van der Waals surface area contributed by atoms with Gasteiger partial charge in [-0.25, -0.2) is 0 Å². The van der Waals surface area contributed by atoms with E-state index in [4.69, 9.17) is 0 Å². The van der Waals surface area contributed by atoms with Gasteiger partial charge < -0.3 is 4.57 Å². The van der Waals surface area contributed by atoms with E-state index in [0.717, 1.165) is 17.0 Å². The summed E-state index contributed by atoms with van der Waals surface area (Å²) < 4.78 is 2.02. The predicted molar refractivity (Wildman–Crippen MR) is 78.0 cm³/mol. The van der Waals surface area contributed by atoms with Gasteiger partial charge in [-0.2, -0.15) is 0 Å². The van der Waals surface area contributed by atoms with Crippen molar-refractivity contribution >= 4 is 17.1 Å². The van der Waals surface area contributed by atoms with Crippen LogP contribution >= 0.6 is 0 Å². The second kappa shape index (κ2) is 4.30. The molecule has 3 rings (SSSR count). The fourth-order valence-corrected chi connectivity index (χ4v) is 2.64. The molecule has 1 aromatic carbocycles. The fraction of sp³-hybridized carbons (Fsp3) is 0.176. The third-order valence-electron chi connectivity index (χ3n) is 4.02. The molecule has 3 heteroatoms. The Kier molecular flexibility index (Phi) is 2.71. The van der Waals surface area contributed by atoms with Crippen LogP contribution in [-0.4, -0.2) is 16.1 Å². The molecule has 0 fully saturated rings. The summed E-state index contributed by atoms with van der Waals surface area (Å²) in [7, 11) is 1.96. The van der Waals surface area contributed by atoms with Gasteiger partial charge in [0.15, 0.2) is 11.6 Å². The highest BCUT2D eigenvalue weighted by molar-refractivity contribution is 6.38. The first kappa shape index (κ1) is 12.6. The minimum Gasteiger partial charge on any atom is -0.352 e. The lowest BCUT2D eigenvalue weighted by Crippen LogP contribution is -2.16. The largest absolute Gasteiger partial charge is 0.352 e. The normalized spacial score (nSPS) is 14.2. The first-order valence-electron chi connectivity index (χ1n) is 6.53. The quantitative estimate of drug-likeness (QED) is 0.794. The number of allylic oxidation sites excluding steroid dienone is 2. The number of hydrogen-bond donors (Lipinski definition) is 0. The number of rotatable bonds is 1. The first-order valence-corrected chi connectivity index (χ1v) is 6.53. The molecule has 0 atom stereocenters. The van der Waals surface area contributed by atoms with Gasteiger partial charge in [-0.15, -0.1) is 0 Å². The zero-order valence-corrected chi connectivity index (χ0v) is 11.7. The molecule has 1 aromatic heterocycles. The Balaban J connectivity index is 2.20. The van der Waals surface area contributed by atoms with E-state index in [1.165, 1.54) is 6.08 Å². The zero-order chi connectivity index (χ0) is 14.4. The monoisotopic (exact) mass is 265 g/mol. The van der Waals surface area contributed by atoms with Crippen LogP contribution in [0.4, 0.5) is 0 Å². The van der Waals surface area contributed by atoms with Crippen molar-refractivity contribution in [2.75, 3.05) is 0 Å². The van der Waals surface area contributed by atoms with Crippen molar-refractivity contribution in [3.8, 4) is 0 Å². The molecule has 0 amide bonds. The minimum absolute atomic E-state index is 0.0751. The number of carbonyl (C=O) groups excluding carboxylic acids is 2. The van der Waals surface area contributed by atoms with Crippen LogP contribution in [0, 0.1) is 13.8 Å². The summed E-state index contributed by atoms with van der Waals surface area (Å²) in [5.41, 5.74) is 4.39. The third kappa shape index (κ3) is 1.67. The molecule has 0 aliphatic heterocycles. The van der Waals surface area contributed by atoms with E-state index >= 15 is 0 Å². The molecule has 0 unspecified atom stereocenters. The van der Waals surface area contributed by atoms with Gasteiger partial charge in [0.05, 0.1) is 0 Å². The van der Waals surface area contributed by atoms with Crippen molar-refractivity contribution in [1.82, 2.24) is 4.57 Å². The van der Waals surface area contributed by atoms with Crippen LogP contribution in [0.1, 0.15) is 37.7 Å². The summed E-state index contributed by atoms with van der Waals surface area (Å²) in [6, 6.07) is 8.94. The minimum atomic E-state index is -0.101. The molecule has 0 saturated heterocycles. The topological polar surface area (TPSA) is 39.1 Å². The van der Waals surface area contributed by atoms with Crippen molar-refractivity contribution in [1.29, 1.82) is 0 Å². The average Bonchev–Trinajstić information content (AvgIpc) is 2.70. The molecule has 0 saturated carbocycles. The molecule has 1 heterocycles. The molecule has 100 valence electrons. The summed E-state index contributed by atoms with van der Waals surface area (Å²) >= 11 is 0. The van der Waals surface area contributed by atoms with Crippen LogP contribution in [0.2, 0.25) is 0 Å². The van der Waals surface area contributed by atoms with Gasteiger partial charge >= 0.3 is 0 Å². The molecule has 1 aliphatic rings. The summed E-state index contributed by atoms with van der Waals surface area (Å²) in [6.07, 6.45) is 1.46. The second-order valence-electron chi connectivity index (χ2n) is 5.14. The Morgan fingerprint density at radius 2 is 1.60 bits per heavy atom. The van der Waals surface area contributed by atoms with Crippen molar-refractivity contribution in [3.63, 3.8) is 0 Å². The van der Waals surface area contributed by atoms with Crippen molar-refractivity contribution < 1.29 is 9.59 Å². The highest BCUT2D eigenvalue weighted by atomic mass is 16.1. The number of benzene rings is 1. The summed E-state index contributed by atoms with van der Waals surface area (Å²) in [4.78, 5) is 24.8. The number of ketones is 2. The van der Waals surface area contributed by atoms with Crippen LogP contribution in [0.15, 0.2) is 36.4 Å². The average molecular weight is 265 g/mol. The summed E-state index contributed by atoms with van der Waals surface area (Å²) in [5.74, 6) is -0.176. The number of aromatic nitrogens is 1. The summed E-state index contributed by atoms with van der Waals surface area (Å²) in [6.45, 7) is 3.95. The Labute approximate surface area is 117 Å². The second-order valence-corrected chi connectivity index (χ2v) is 5.14. The van der Waals surface area contributed by atoms with Crippen LogP contribution in [0.25, 0.3) is 5.57 Å². The number of nitrogens with zero attached hydrogens (tertiary/aromatic N) is 1. The maximum Gasteiger partial charge on any atom is 0.194 e. The Morgan fingerprint density at radius 3 is 2.20 bits per heavy atom. The molecule has 0 radical (unpaired) electrons. The lowest BCUT2D eigenvalue weighted by molar-refractivity contribution is 0.100. The number of aryl methyl sites for hydroxylation is 1. The van der Waals surface area contributed by atoms with Crippen molar-refractivity contribution in [2.24, 2.45) is 7.05 Å². The highest BCUT2D eigenvalue weighted by Crippen LogP contribution is 2.30. The third-order valence-corrected chi connectivity index (χ3v) is 4.02. The Bertz CT molecular complexity index is 778. The zero-order valence-electron chi connectivity index (χ0n) is 11.7. The SMILES string of the molecule is Cc1cc(C2=CC(=O)c3ccccc3C2=O)c(C)n1C. The molecule has 0 bridgehead atoms. The Morgan fingerprint density at radius 1 is 0.950 bits per heavy atom. The standard InChI is InChI=1S/C17H15NO2/c1-10-8-14(11(2)18(10)3)15-9-16(19)12-6-4-5-7-13(12)17(15)20/h4-9H,1-3H3. The van der Waals surface area contributed by atoms with E-state index in [-0.39, 0.29) is 11.6 Å². The van der Waals surface area contributed by atoms with E-state index in [1.807, 2.05) is 31.5 Å². The molecular weight excluding hydrogens is 250 g/mol. The molecule has 2 aromatic rings. The van der Waals surface area contributed by atoms with Gasteiger partial charge in [-0.3, -0.25) is 9.59 Å². The van der Waals surface area contributed by atoms with Crippen LogP contribution < -0.4 is 0 Å². The van der Waals surface area contributed by atoms with Crippen LogP contribution in [0.5, 0.6) is 0 Å². The van der Waals surface area contributed by atoms with Gasteiger partial charge in [0.25, 0.3) is 0 Å². The summed E-state index contributed by atoms with van der Waals surface area (Å²) in [5, 5.41) is 0. The van der Waals surface area contributed by atoms with Gasteiger partial charge in [0.1, 0.15) is 0 Å². The number of carbonyl (C=O) groups is 2. The van der Waals surface area contributed by atoms with E-state index in [1.54, 1.807) is 24.3 Å². The van der Waals surface area contributed by atoms with Crippen LogP contribution in [-0.2, 0) is 7.05 Å². The predicted octanol–water partition coefficient (Wildman–Crippen LogP) is 3.10. The van der Waals surface area contributed by atoms with E-state index in [0.29, 0.717) is 16.7 Å². The van der Waals surface area contributed by atoms with Gasteiger partial charge in [-0.1, -0.05) is 24.3 Å². The smallest absolute Gasteiger partial charge is 0.194 e. The molecule has 0 N–H and O–H groups in total. The number of Topliss-reactive ketones (excluding diaryl/α,β-unsaturated/α-hetero) is 1. The molecule has 3 nitrogen and oxygen atoms in total. The number of fused-ring (bicyclic) bond motifs is 1. The molecular formula is C17H15NO2. The number of hydrogen-bond acceptors (Lipinski definition) is 2. The van der Waals surface area contributed by atoms with Crippen molar-refractivity contribution in [3.05, 3.63) is 64.5 Å². The maximum atomic E-state index is 12.6. The highest BCUT2D eigenvalue weighted by Gasteiger charge is 2.27. The van der Waals surface area contributed by atoms with E-state index in [2.05, 4.69) is 0 Å². The van der Waals surface area contributed by atoms with Gasteiger partial charge in [0, 0.05) is 40.7 Å². The van der Waals surface area contributed by atoms with Crippen molar-refractivity contribution in [2.45, 2.75) is 13.8 Å². The van der Waals surface area contributed by atoms with Gasteiger partial charge in [-0.05, 0) is 26.0 Å². The fourth-order valence-electron chi connectivity index (χ4n) is 2.64. The molecule has 1 aliphatic carbocycles.